The lowest BCUT2D eigenvalue weighted by molar-refractivity contribution is 0.565. The van der Waals surface area contributed by atoms with Crippen LogP contribution in [0.4, 0.5) is 5.82 Å². The number of hydrogen-bond donors (Lipinski definition) is 0. The van der Waals surface area contributed by atoms with E-state index in [-0.39, 0.29) is 5.82 Å². The zero-order chi connectivity index (χ0) is 7.40. The molecule has 50 valence electrons. The van der Waals surface area contributed by atoms with Gasteiger partial charge >= 0.3 is 0 Å². The van der Waals surface area contributed by atoms with Gasteiger partial charge in [0.05, 0.1) is 5.02 Å². The summed E-state index contributed by atoms with van der Waals surface area (Å²) in [7, 11) is 0. The van der Waals surface area contributed by atoms with Gasteiger partial charge in [-0.3, -0.25) is 0 Å². The van der Waals surface area contributed by atoms with Crippen molar-refractivity contribution in [2.45, 2.75) is 0 Å². The predicted molar refractivity (Wildman–Crippen MR) is 37.0 cm³/mol. The maximum Gasteiger partial charge on any atom is 0.242 e. The Morgan fingerprint density at radius 1 is 1.70 bits per heavy atom. The molecular weight excluding hydrogens is 152 g/mol. The molecule has 3 nitrogen and oxygen atoms in total. The number of aliphatic imine (C=N–C) groups is 1. The first-order chi connectivity index (χ1) is 4.84. The summed E-state index contributed by atoms with van der Waals surface area (Å²) in [4.78, 5) is 16.7. The number of isocyanates is 1. The van der Waals surface area contributed by atoms with E-state index in [9.17, 15) is 4.79 Å². The third kappa shape index (κ3) is 1.41. The van der Waals surface area contributed by atoms with Gasteiger partial charge in [-0.2, -0.15) is 0 Å². The zero-order valence-electron chi connectivity index (χ0n) is 4.91. The Labute approximate surface area is 62.4 Å². The summed E-state index contributed by atoms with van der Waals surface area (Å²) in [6, 6.07) is 3.26. The van der Waals surface area contributed by atoms with Gasteiger partial charge < -0.3 is 0 Å². The molecule has 0 fully saturated rings. The van der Waals surface area contributed by atoms with Crippen molar-refractivity contribution in [3.8, 4) is 0 Å². The van der Waals surface area contributed by atoms with E-state index in [1.807, 2.05) is 0 Å². The lowest BCUT2D eigenvalue weighted by atomic mass is 10.5. The van der Waals surface area contributed by atoms with Crippen molar-refractivity contribution >= 4 is 23.5 Å². The van der Waals surface area contributed by atoms with Crippen molar-refractivity contribution in [1.82, 2.24) is 4.98 Å². The molecule has 0 saturated heterocycles. The summed E-state index contributed by atoms with van der Waals surface area (Å²) in [5.41, 5.74) is 0. The van der Waals surface area contributed by atoms with Gasteiger partial charge in [0.2, 0.25) is 6.08 Å². The van der Waals surface area contributed by atoms with Crippen molar-refractivity contribution in [2.75, 3.05) is 0 Å². The maximum atomic E-state index is 9.74. The van der Waals surface area contributed by atoms with Crippen LogP contribution in [0.3, 0.4) is 0 Å². The zero-order valence-corrected chi connectivity index (χ0v) is 5.67. The SMILES string of the molecule is O=C=Nc1ncccc1Cl. The molecule has 0 radical (unpaired) electrons. The van der Waals surface area contributed by atoms with E-state index in [4.69, 9.17) is 11.6 Å². The second kappa shape index (κ2) is 3.11. The number of aromatic nitrogens is 1. The monoisotopic (exact) mass is 154 g/mol. The number of rotatable bonds is 1. The quantitative estimate of drug-likeness (QED) is 0.457. The lowest BCUT2D eigenvalue weighted by Gasteiger charge is -1.89. The Kier molecular flexibility index (Phi) is 2.15. The summed E-state index contributed by atoms with van der Waals surface area (Å²) in [6.07, 6.45) is 2.85. The molecule has 0 N–H and O–H groups in total. The average molecular weight is 155 g/mol. The van der Waals surface area contributed by atoms with Gasteiger partial charge in [-0.25, -0.2) is 9.78 Å². The molecule has 4 heteroatoms. The normalized spacial score (nSPS) is 8.50. The van der Waals surface area contributed by atoms with Crippen LogP contribution in [0.15, 0.2) is 23.3 Å². The number of halogens is 1. The number of pyridine rings is 1. The largest absolute Gasteiger partial charge is 0.242 e. The van der Waals surface area contributed by atoms with Crippen molar-refractivity contribution in [3.05, 3.63) is 23.4 Å². The van der Waals surface area contributed by atoms with Crippen molar-refractivity contribution < 1.29 is 4.79 Å². The first-order valence-electron chi connectivity index (χ1n) is 2.53. The summed E-state index contributed by atoms with van der Waals surface area (Å²) in [6.45, 7) is 0. The van der Waals surface area contributed by atoms with Gasteiger partial charge in [0.15, 0.2) is 5.82 Å². The van der Waals surface area contributed by atoms with Crippen molar-refractivity contribution in [1.29, 1.82) is 0 Å². The van der Waals surface area contributed by atoms with Crippen LogP contribution in [0.2, 0.25) is 5.02 Å². The highest BCUT2D eigenvalue weighted by molar-refractivity contribution is 6.32. The first kappa shape index (κ1) is 6.93. The molecule has 0 bridgehead atoms. The fourth-order valence-electron chi connectivity index (χ4n) is 0.503. The molecule has 0 aliphatic carbocycles. The highest BCUT2D eigenvalue weighted by atomic mass is 35.5. The van der Waals surface area contributed by atoms with Gasteiger partial charge in [0, 0.05) is 6.20 Å². The lowest BCUT2D eigenvalue weighted by Crippen LogP contribution is -1.72. The molecule has 10 heavy (non-hydrogen) atoms. The molecule has 0 unspecified atom stereocenters. The van der Waals surface area contributed by atoms with E-state index >= 15 is 0 Å². The second-order valence-electron chi connectivity index (χ2n) is 1.51. The van der Waals surface area contributed by atoms with Crippen LogP contribution in [0, 0.1) is 0 Å². The molecular formula is C6H3ClN2O. The molecule has 1 rings (SSSR count). The van der Waals surface area contributed by atoms with Gasteiger partial charge in [0.25, 0.3) is 0 Å². The molecule has 1 aromatic rings. The minimum atomic E-state index is 0.208. The number of nitrogens with zero attached hydrogens (tertiary/aromatic N) is 2. The molecule has 0 spiro atoms. The molecule has 1 heterocycles. The van der Waals surface area contributed by atoms with Gasteiger partial charge in [-0.05, 0) is 12.1 Å². The molecule has 0 aliphatic rings. The summed E-state index contributed by atoms with van der Waals surface area (Å²) < 4.78 is 0. The van der Waals surface area contributed by atoms with Crippen molar-refractivity contribution in [3.63, 3.8) is 0 Å². The Hall–Kier alpha value is -1.18. The summed E-state index contributed by atoms with van der Waals surface area (Å²) in [5, 5.41) is 0.353. The molecule has 0 aliphatic heterocycles. The third-order valence-corrected chi connectivity index (χ3v) is 1.19. The highest BCUT2D eigenvalue weighted by Gasteiger charge is 1.94. The minimum Gasteiger partial charge on any atom is -0.235 e. The van der Waals surface area contributed by atoms with Gasteiger partial charge in [-0.1, -0.05) is 11.6 Å². The Morgan fingerprint density at radius 2 is 2.50 bits per heavy atom. The Bertz CT molecular complexity index is 281. The Morgan fingerprint density at radius 3 is 3.10 bits per heavy atom. The molecule has 0 amide bonds. The van der Waals surface area contributed by atoms with E-state index in [0.717, 1.165) is 0 Å². The Balaban J connectivity index is 3.14. The van der Waals surface area contributed by atoms with E-state index < -0.39 is 0 Å². The average Bonchev–Trinajstić information content (AvgIpc) is 1.94. The smallest absolute Gasteiger partial charge is 0.235 e. The highest BCUT2D eigenvalue weighted by Crippen LogP contribution is 2.19. The number of carbonyl (C=O) groups excluding carboxylic acids is 1. The van der Waals surface area contributed by atoms with Crippen LogP contribution in [0.1, 0.15) is 0 Å². The fraction of sp³-hybridized carbons (Fsp3) is 0. The van der Waals surface area contributed by atoms with Gasteiger partial charge in [0.1, 0.15) is 0 Å². The number of hydrogen-bond acceptors (Lipinski definition) is 3. The van der Waals surface area contributed by atoms with Crippen LogP contribution < -0.4 is 0 Å². The second-order valence-corrected chi connectivity index (χ2v) is 1.92. The van der Waals surface area contributed by atoms with E-state index in [1.54, 1.807) is 12.1 Å². The van der Waals surface area contributed by atoms with Crippen molar-refractivity contribution in [2.24, 2.45) is 4.99 Å². The van der Waals surface area contributed by atoms with E-state index in [0.29, 0.717) is 5.02 Å². The fourth-order valence-corrected chi connectivity index (χ4v) is 0.667. The van der Waals surface area contributed by atoms with Crippen LogP contribution in [0.25, 0.3) is 0 Å². The molecule has 0 saturated carbocycles. The first-order valence-corrected chi connectivity index (χ1v) is 2.91. The summed E-state index contributed by atoms with van der Waals surface area (Å²) in [5.74, 6) is 0.208. The van der Waals surface area contributed by atoms with Crippen LogP contribution in [-0.4, -0.2) is 11.1 Å². The minimum absolute atomic E-state index is 0.208. The van der Waals surface area contributed by atoms with E-state index in [1.165, 1.54) is 12.3 Å². The standard InChI is InChI=1S/C6H3ClN2O/c7-5-2-1-3-8-6(5)9-4-10/h1-3H. The van der Waals surface area contributed by atoms with Gasteiger partial charge in [-0.15, -0.1) is 4.99 Å². The third-order valence-electron chi connectivity index (χ3n) is 0.891. The topological polar surface area (TPSA) is 42.3 Å². The van der Waals surface area contributed by atoms with Crippen LogP contribution in [0.5, 0.6) is 0 Å². The van der Waals surface area contributed by atoms with Crippen LogP contribution >= 0.6 is 11.6 Å². The van der Waals surface area contributed by atoms with E-state index in [2.05, 4.69) is 9.98 Å². The molecule has 0 aromatic carbocycles. The summed E-state index contributed by atoms with van der Waals surface area (Å²) >= 11 is 5.57. The predicted octanol–water partition coefficient (Wildman–Crippen LogP) is 1.70. The molecule has 0 atom stereocenters. The molecule has 1 aromatic heterocycles. The maximum absolute atomic E-state index is 9.74. The van der Waals surface area contributed by atoms with Crippen LogP contribution in [-0.2, 0) is 4.79 Å².